The van der Waals surface area contributed by atoms with Crippen molar-refractivity contribution in [2.75, 3.05) is 19.6 Å². The number of nitrogens with zero attached hydrogens (tertiary/aromatic N) is 4. The maximum absolute atomic E-state index is 13.2. The molecular weight excluding hydrogens is 412 g/mol. The highest BCUT2D eigenvalue weighted by atomic mass is 32.2. The number of benzene rings is 1. The topological polar surface area (TPSA) is 94.4 Å². The summed E-state index contributed by atoms with van der Waals surface area (Å²) in [6, 6.07) is 11.2. The Hall–Kier alpha value is -2.76. The predicted octanol–water partition coefficient (Wildman–Crippen LogP) is 3.04. The van der Waals surface area contributed by atoms with Crippen LogP contribution in [0, 0.1) is 31.1 Å². The molecule has 1 aliphatic rings. The summed E-state index contributed by atoms with van der Waals surface area (Å²) in [6.07, 6.45) is 4.59. The van der Waals surface area contributed by atoms with Crippen LogP contribution in [0.3, 0.4) is 0 Å². The number of hydrogen-bond acceptors (Lipinski definition) is 5. The molecule has 0 unspecified atom stereocenters. The monoisotopic (exact) mass is 440 g/mol. The minimum Gasteiger partial charge on any atom is -0.337 e. The van der Waals surface area contributed by atoms with Gasteiger partial charge in [-0.2, -0.15) is 9.57 Å². The average Bonchev–Trinajstić information content (AvgIpc) is 2.76. The Morgan fingerprint density at radius 1 is 1.26 bits per heavy atom. The molecule has 3 rings (SSSR count). The van der Waals surface area contributed by atoms with Crippen LogP contribution in [0.4, 0.5) is 0 Å². The summed E-state index contributed by atoms with van der Waals surface area (Å²) in [6.45, 7) is 5.11. The van der Waals surface area contributed by atoms with Gasteiger partial charge < -0.3 is 4.90 Å². The fourth-order valence-corrected chi connectivity index (χ4v) is 5.67. The third-order valence-electron chi connectivity index (χ3n) is 5.65. The fraction of sp³-hybridized carbons (Fsp3) is 0.435. The molecule has 1 aliphatic heterocycles. The zero-order chi connectivity index (χ0) is 22.4. The molecule has 8 heteroatoms. The van der Waals surface area contributed by atoms with Crippen molar-refractivity contribution in [2.45, 2.75) is 44.6 Å². The van der Waals surface area contributed by atoms with E-state index in [-0.39, 0.29) is 18.2 Å². The standard InChI is InChI=1S/C23H28N4O3S/c1-18-6-7-22(19(2)15-18)31(29,30)27-13-8-21(9-14-27)23(28)26(12-4-10-24)17-20-5-3-11-25-16-20/h3,5-7,11,15-16,21H,4,8-9,12-14,17H2,1-2H3. The number of carbonyl (C=O) groups excluding carboxylic acids is 1. The lowest BCUT2D eigenvalue weighted by atomic mass is 9.96. The third-order valence-corrected chi connectivity index (χ3v) is 7.71. The second-order valence-electron chi connectivity index (χ2n) is 7.98. The highest BCUT2D eigenvalue weighted by Crippen LogP contribution is 2.27. The molecule has 0 atom stereocenters. The largest absolute Gasteiger partial charge is 0.337 e. The van der Waals surface area contributed by atoms with E-state index in [1.807, 2.05) is 38.1 Å². The molecule has 0 N–H and O–H groups in total. The Kier molecular flexibility index (Phi) is 7.42. The first-order chi connectivity index (χ1) is 14.8. The van der Waals surface area contributed by atoms with Crippen LogP contribution in [0.25, 0.3) is 0 Å². The lowest BCUT2D eigenvalue weighted by Gasteiger charge is -2.33. The molecule has 0 radical (unpaired) electrons. The number of piperidine rings is 1. The maximum Gasteiger partial charge on any atom is 0.243 e. The molecule has 0 saturated carbocycles. The number of pyridine rings is 1. The van der Waals surface area contributed by atoms with Gasteiger partial charge in [0.1, 0.15) is 0 Å². The van der Waals surface area contributed by atoms with Crippen LogP contribution in [0.15, 0.2) is 47.6 Å². The summed E-state index contributed by atoms with van der Waals surface area (Å²) in [5.41, 5.74) is 2.66. The molecule has 0 bridgehead atoms. The molecule has 164 valence electrons. The Morgan fingerprint density at radius 3 is 2.61 bits per heavy atom. The first-order valence-corrected chi connectivity index (χ1v) is 11.9. The van der Waals surface area contributed by atoms with Crippen molar-refractivity contribution in [1.29, 1.82) is 5.26 Å². The number of aryl methyl sites for hydroxylation is 2. The number of carbonyl (C=O) groups is 1. The molecule has 2 aromatic rings. The van der Waals surface area contributed by atoms with Crippen LogP contribution < -0.4 is 0 Å². The lowest BCUT2D eigenvalue weighted by Crippen LogP contribution is -2.44. The number of hydrogen-bond donors (Lipinski definition) is 0. The van der Waals surface area contributed by atoms with Gasteiger partial charge in [-0.15, -0.1) is 0 Å². The van der Waals surface area contributed by atoms with E-state index < -0.39 is 10.0 Å². The molecule has 1 saturated heterocycles. The summed E-state index contributed by atoms with van der Waals surface area (Å²) >= 11 is 0. The molecule has 1 aromatic heterocycles. The average molecular weight is 441 g/mol. The second-order valence-corrected chi connectivity index (χ2v) is 9.88. The second kappa shape index (κ2) is 10.0. The van der Waals surface area contributed by atoms with Gasteiger partial charge in [0.25, 0.3) is 0 Å². The quantitative estimate of drug-likeness (QED) is 0.660. The van der Waals surface area contributed by atoms with E-state index in [1.54, 1.807) is 23.4 Å². The van der Waals surface area contributed by atoms with Crippen LogP contribution in [0.1, 0.15) is 36.0 Å². The maximum atomic E-state index is 13.2. The van der Waals surface area contributed by atoms with Gasteiger partial charge in [-0.25, -0.2) is 8.42 Å². The van der Waals surface area contributed by atoms with Gasteiger partial charge in [-0.1, -0.05) is 23.8 Å². The third kappa shape index (κ3) is 5.49. The van der Waals surface area contributed by atoms with E-state index in [9.17, 15) is 13.2 Å². The predicted molar refractivity (Wildman–Crippen MR) is 117 cm³/mol. The minimum absolute atomic E-state index is 0.0253. The van der Waals surface area contributed by atoms with Crippen molar-refractivity contribution < 1.29 is 13.2 Å². The van der Waals surface area contributed by atoms with E-state index in [2.05, 4.69) is 11.1 Å². The van der Waals surface area contributed by atoms with Gasteiger partial charge in [-0.05, 0) is 49.9 Å². The number of rotatable bonds is 7. The van der Waals surface area contributed by atoms with Gasteiger partial charge >= 0.3 is 0 Å². The van der Waals surface area contributed by atoms with Crippen molar-refractivity contribution in [3.05, 3.63) is 59.4 Å². The van der Waals surface area contributed by atoms with Crippen molar-refractivity contribution in [3.63, 3.8) is 0 Å². The summed E-state index contributed by atoms with van der Waals surface area (Å²) in [5.74, 6) is -0.274. The molecule has 0 aliphatic carbocycles. The van der Waals surface area contributed by atoms with Crippen LogP contribution in [-0.2, 0) is 21.4 Å². The van der Waals surface area contributed by atoms with Crippen molar-refractivity contribution >= 4 is 15.9 Å². The van der Waals surface area contributed by atoms with Crippen molar-refractivity contribution in [3.8, 4) is 6.07 Å². The molecule has 1 aromatic carbocycles. The summed E-state index contributed by atoms with van der Waals surface area (Å²) in [7, 11) is -3.58. The summed E-state index contributed by atoms with van der Waals surface area (Å²) in [4.78, 5) is 19.3. The number of aromatic nitrogens is 1. The highest BCUT2D eigenvalue weighted by molar-refractivity contribution is 7.89. The summed E-state index contributed by atoms with van der Waals surface area (Å²) in [5, 5.41) is 8.97. The van der Waals surface area contributed by atoms with Crippen LogP contribution in [0.2, 0.25) is 0 Å². The van der Waals surface area contributed by atoms with E-state index in [0.29, 0.717) is 43.9 Å². The first-order valence-electron chi connectivity index (χ1n) is 10.4. The van der Waals surface area contributed by atoms with Gasteiger partial charge in [0.15, 0.2) is 0 Å². The van der Waals surface area contributed by atoms with Crippen LogP contribution in [0.5, 0.6) is 0 Å². The van der Waals surface area contributed by atoms with Crippen molar-refractivity contribution in [1.82, 2.24) is 14.2 Å². The molecule has 31 heavy (non-hydrogen) atoms. The van der Waals surface area contributed by atoms with E-state index >= 15 is 0 Å². The van der Waals surface area contributed by atoms with Crippen LogP contribution >= 0.6 is 0 Å². The zero-order valence-electron chi connectivity index (χ0n) is 18.0. The van der Waals surface area contributed by atoms with E-state index in [1.165, 1.54) is 4.31 Å². The Balaban J connectivity index is 1.68. The normalized spacial score (nSPS) is 15.4. The Bertz CT molecular complexity index is 1060. The van der Waals surface area contributed by atoms with Gasteiger partial charge in [0.2, 0.25) is 15.9 Å². The van der Waals surface area contributed by atoms with E-state index in [0.717, 1.165) is 16.7 Å². The van der Waals surface area contributed by atoms with E-state index in [4.69, 9.17) is 5.26 Å². The van der Waals surface area contributed by atoms with Gasteiger partial charge in [-0.3, -0.25) is 9.78 Å². The van der Waals surface area contributed by atoms with Gasteiger partial charge in [0.05, 0.1) is 17.4 Å². The number of nitriles is 1. The first kappa shape index (κ1) is 22.9. The minimum atomic E-state index is -3.58. The SMILES string of the molecule is Cc1ccc(S(=O)(=O)N2CCC(C(=O)N(CCC#N)Cc3cccnc3)CC2)c(C)c1. The smallest absolute Gasteiger partial charge is 0.243 e. The zero-order valence-corrected chi connectivity index (χ0v) is 18.8. The highest BCUT2D eigenvalue weighted by Gasteiger charge is 2.34. The van der Waals surface area contributed by atoms with Crippen molar-refractivity contribution in [2.24, 2.45) is 5.92 Å². The van der Waals surface area contributed by atoms with Gasteiger partial charge in [0, 0.05) is 44.5 Å². The summed E-state index contributed by atoms with van der Waals surface area (Å²) < 4.78 is 27.7. The molecule has 7 nitrogen and oxygen atoms in total. The Labute approximate surface area is 184 Å². The van der Waals surface area contributed by atoms with Crippen LogP contribution in [-0.4, -0.2) is 48.1 Å². The molecule has 2 heterocycles. The number of amides is 1. The molecular formula is C23H28N4O3S. The fourth-order valence-electron chi connectivity index (χ4n) is 3.99. The molecule has 0 spiro atoms. The molecule has 1 fully saturated rings. The lowest BCUT2D eigenvalue weighted by molar-refractivity contribution is -0.137. The molecule has 1 amide bonds. The number of sulfonamides is 1. The Morgan fingerprint density at radius 2 is 2.00 bits per heavy atom.